The highest BCUT2D eigenvalue weighted by atomic mass is 32.1. The smallest absolute Gasteiger partial charge is 0.323 e. The number of imide groups is 1. The average Bonchev–Trinajstić information content (AvgIpc) is 3.06. The van der Waals surface area contributed by atoms with E-state index in [1.54, 1.807) is 6.92 Å². The maximum absolute atomic E-state index is 12.8. The second kappa shape index (κ2) is 7.28. The van der Waals surface area contributed by atoms with Gasteiger partial charge in [-0.05, 0) is 25.7 Å². The molecule has 0 radical (unpaired) electrons. The van der Waals surface area contributed by atoms with Gasteiger partial charge in [0, 0.05) is 19.6 Å². The van der Waals surface area contributed by atoms with Gasteiger partial charge in [0.15, 0.2) is 0 Å². The van der Waals surface area contributed by atoms with Crippen LogP contribution in [0.1, 0.15) is 31.7 Å². The van der Waals surface area contributed by atoms with Crippen LogP contribution >= 0.6 is 11.3 Å². The molecule has 0 bridgehead atoms. The van der Waals surface area contributed by atoms with Crippen molar-refractivity contribution in [1.82, 2.24) is 25.3 Å². The summed E-state index contributed by atoms with van der Waals surface area (Å²) in [7, 11) is 0. The van der Waals surface area contributed by atoms with Gasteiger partial charge in [0.1, 0.15) is 17.1 Å². The number of anilines is 1. The van der Waals surface area contributed by atoms with Crippen molar-refractivity contribution in [3.63, 3.8) is 0 Å². The van der Waals surface area contributed by atoms with E-state index in [9.17, 15) is 14.4 Å². The summed E-state index contributed by atoms with van der Waals surface area (Å²) in [4.78, 5) is 40.6. The first-order valence-corrected chi connectivity index (χ1v) is 9.57. The van der Waals surface area contributed by atoms with Gasteiger partial charge in [0.2, 0.25) is 11.0 Å². The number of hydrogen-bond donors (Lipinski definition) is 2. The number of nitrogens with one attached hydrogen (secondary N) is 2. The van der Waals surface area contributed by atoms with E-state index in [2.05, 4.69) is 39.6 Å². The molecule has 2 aliphatic rings. The third-order valence-corrected chi connectivity index (χ3v) is 5.41. The van der Waals surface area contributed by atoms with Crippen molar-refractivity contribution in [2.24, 2.45) is 5.92 Å². The van der Waals surface area contributed by atoms with Crippen LogP contribution in [-0.4, -0.2) is 69.6 Å². The highest BCUT2D eigenvalue weighted by molar-refractivity contribution is 7.15. The molecule has 0 saturated carbocycles. The lowest BCUT2D eigenvalue weighted by Crippen LogP contribution is -2.55. The van der Waals surface area contributed by atoms with Crippen molar-refractivity contribution in [2.75, 3.05) is 31.5 Å². The minimum atomic E-state index is -0.871. The number of rotatable bonds is 5. The topological polar surface area (TPSA) is 108 Å². The van der Waals surface area contributed by atoms with E-state index in [1.165, 1.54) is 11.3 Å². The summed E-state index contributed by atoms with van der Waals surface area (Å²) in [6.07, 6.45) is 1.13. The number of carbonyl (C=O) groups is 3. The zero-order chi connectivity index (χ0) is 18.9. The number of amides is 4. The van der Waals surface area contributed by atoms with Gasteiger partial charge in [-0.3, -0.25) is 19.8 Å². The first-order valence-electron chi connectivity index (χ1n) is 8.75. The molecule has 3 heterocycles. The van der Waals surface area contributed by atoms with Crippen LogP contribution < -0.4 is 10.6 Å². The molecule has 2 fully saturated rings. The molecule has 0 aliphatic carbocycles. The molecule has 10 heteroatoms. The summed E-state index contributed by atoms with van der Waals surface area (Å²) in [5.41, 5.74) is -0.871. The fourth-order valence-electron chi connectivity index (χ4n) is 3.44. The second-order valence-electron chi connectivity index (χ2n) is 7.27. The quantitative estimate of drug-likeness (QED) is 0.733. The number of aromatic nitrogens is 2. The number of urea groups is 1. The van der Waals surface area contributed by atoms with Crippen LogP contribution in [0.25, 0.3) is 0 Å². The first kappa shape index (κ1) is 18.7. The third kappa shape index (κ3) is 3.85. The molecular weight excluding hydrogens is 356 g/mol. The van der Waals surface area contributed by atoms with Crippen LogP contribution in [0.5, 0.6) is 0 Å². The molecule has 2 saturated heterocycles. The van der Waals surface area contributed by atoms with Crippen LogP contribution in [0.4, 0.5) is 9.93 Å². The van der Waals surface area contributed by atoms with Crippen molar-refractivity contribution >= 4 is 34.3 Å². The summed E-state index contributed by atoms with van der Waals surface area (Å²) in [5.74, 6) is -0.212. The number of nitrogens with zero attached hydrogens (tertiary/aromatic N) is 4. The van der Waals surface area contributed by atoms with Crippen LogP contribution in [0.15, 0.2) is 0 Å². The van der Waals surface area contributed by atoms with E-state index >= 15 is 0 Å². The molecule has 0 atom stereocenters. The van der Waals surface area contributed by atoms with Crippen LogP contribution in [-0.2, 0) is 9.59 Å². The van der Waals surface area contributed by atoms with Gasteiger partial charge in [-0.15, -0.1) is 10.2 Å². The number of hydrogen-bond acceptors (Lipinski definition) is 7. The van der Waals surface area contributed by atoms with E-state index in [0.717, 1.165) is 29.5 Å². The van der Waals surface area contributed by atoms with E-state index in [4.69, 9.17) is 0 Å². The molecule has 0 unspecified atom stereocenters. The van der Waals surface area contributed by atoms with E-state index in [-0.39, 0.29) is 12.5 Å². The monoisotopic (exact) mass is 380 g/mol. The molecule has 26 heavy (non-hydrogen) atoms. The number of aryl methyl sites for hydroxylation is 1. The number of carbonyl (C=O) groups excluding carboxylic acids is 3. The van der Waals surface area contributed by atoms with Gasteiger partial charge < -0.3 is 10.2 Å². The lowest BCUT2D eigenvalue weighted by Gasteiger charge is -2.37. The summed E-state index contributed by atoms with van der Waals surface area (Å²) in [6.45, 7) is 8.27. The van der Waals surface area contributed by atoms with Crippen molar-refractivity contribution in [2.45, 2.75) is 39.2 Å². The Morgan fingerprint density at radius 2 is 2.00 bits per heavy atom. The van der Waals surface area contributed by atoms with Gasteiger partial charge in [0.05, 0.1) is 0 Å². The third-order valence-electron chi connectivity index (χ3n) is 4.65. The molecule has 3 rings (SSSR count). The average molecular weight is 380 g/mol. The molecular formula is C16H24N6O3S. The Morgan fingerprint density at radius 3 is 2.58 bits per heavy atom. The van der Waals surface area contributed by atoms with Gasteiger partial charge in [-0.1, -0.05) is 25.2 Å². The summed E-state index contributed by atoms with van der Waals surface area (Å²) in [5, 5.41) is 14.1. The Morgan fingerprint density at radius 1 is 1.31 bits per heavy atom. The molecule has 1 aromatic heterocycles. The van der Waals surface area contributed by atoms with E-state index < -0.39 is 17.5 Å². The zero-order valence-electron chi connectivity index (χ0n) is 15.2. The normalized spacial score (nSPS) is 20.1. The van der Waals surface area contributed by atoms with Gasteiger partial charge in [-0.2, -0.15) is 0 Å². The summed E-state index contributed by atoms with van der Waals surface area (Å²) < 4.78 is 0. The maximum Gasteiger partial charge on any atom is 0.325 e. The SMILES string of the molecule is Cc1nnc(NC(=O)CN2C(=O)NC3(CCN(CC(C)C)CC3)C2=O)s1. The number of piperidine rings is 1. The van der Waals surface area contributed by atoms with Crippen molar-refractivity contribution in [3.05, 3.63) is 5.01 Å². The van der Waals surface area contributed by atoms with E-state index in [1.807, 2.05) is 0 Å². The molecule has 142 valence electrons. The van der Waals surface area contributed by atoms with Crippen LogP contribution in [0.2, 0.25) is 0 Å². The fourth-order valence-corrected chi connectivity index (χ4v) is 4.05. The Labute approximate surface area is 156 Å². The van der Waals surface area contributed by atoms with Crippen molar-refractivity contribution in [1.29, 1.82) is 0 Å². The molecule has 9 nitrogen and oxygen atoms in total. The predicted octanol–water partition coefficient (Wildman–Crippen LogP) is 0.827. The lowest BCUT2D eigenvalue weighted by atomic mass is 9.87. The Bertz CT molecular complexity index is 711. The molecule has 0 aromatic carbocycles. The molecule has 4 amide bonds. The lowest BCUT2D eigenvalue weighted by molar-refractivity contribution is -0.135. The predicted molar refractivity (Wildman–Crippen MR) is 96.8 cm³/mol. The summed E-state index contributed by atoms with van der Waals surface area (Å²) in [6, 6.07) is -0.504. The minimum Gasteiger partial charge on any atom is -0.323 e. The fraction of sp³-hybridized carbons (Fsp3) is 0.688. The van der Waals surface area contributed by atoms with Gasteiger partial charge in [-0.25, -0.2) is 4.79 Å². The Kier molecular flexibility index (Phi) is 5.24. The van der Waals surface area contributed by atoms with Crippen LogP contribution in [0.3, 0.4) is 0 Å². The van der Waals surface area contributed by atoms with Gasteiger partial charge in [0.25, 0.3) is 5.91 Å². The first-order chi connectivity index (χ1) is 12.3. The number of likely N-dealkylation sites (tertiary alicyclic amines) is 1. The largest absolute Gasteiger partial charge is 0.325 e. The Hall–Kier alpha value is -2.07. The van der Waals surface area contributed by atoms with Crippen LogP contribution in [0, 0.1) is 12.8 Å². The van der Waals surface area contributed by atoms with Crippen molar-refractivity contribution in [3.8, 4) is 0 Å². The van der Waals surface area contributed by atoms with Crippen molar-refractivity contribution < 1.29 is 14.4 Å². The highest BCUT2D eigenvalue weighted by Crippen LogP contribution is 2.29. The maximum atomic E-state index is 12.8. The van der Waals surface area contributed by atoms with Gasteiger partial charge >= 0.3 is 6.03 Å². The minimum absolute atomic E-state index is 0.310. The molecule has 2 N–H and O–H groups in total. The molecule has 2 aliphatic heterocycles. The second-order valence-corrected chi connectivity index (χ2v) is 8.45. The zero-order valence-corrected chi connectivity index (χ0v) is 16.1. The van der Waals surface area contributed by atoms with E-state index in [0.29, 0.717) is 23.9 Å². The molecule has 1 aromatic rings. The summed E-state index contributed by atoms with van der Waals surface area (Å²) >= 11 is 1.24. The molecule has 1 spiro atoms. The standard InChI is InChI=1S/C16H24N6O3S/c1-10(2)8-21-6-4-16(5-7-21)13(24)22(15(25)18-16)9-12(23)17-14-20-19-11(3)26-14/h10H,4-9H2,1-3H3,(H,18,25)(H,17,20,23). The highest BCUT2D eigenvalue weighted by Gasteiger charge is 2.52. The Balaban J connectivity index is 1.59.